The lowest BCUT2D eigenvalue weighted by Gasteiger charge is -2.07. The Morgan fingerprint density at radius 3 is 3.00 bits per heavy atom. The van der Waals surface area contributed by atoms with E-state index in [1.165, 1.54) is 0 Å². The van der Waals surface area contributed by atoms with Crippen molar-refractivity contribution in [2.45, 2.75) is 6.54 Å². The molecular weight excluding hydrogens is 252 g/mol. The van der Waals surface area contributed by atoms with Crippen molar-refractivity contribution in [3.05, 3.63) is 35.0 Å². The van der Waals surface area contributed by atoms with Crippen molar-refractivity contribution in [1.82, 2.24) is 19.5 Å². The second-order valence-electron chi connectivity index (χ2n) is 3.56. The minimum atomic E-state index is -0.556. The number of rotatable bonds is 6. The van der Waals surface area contributed by atoms with Gasteiger partial charge < -0.3 is 9.88 Å². The Morgan fingerprint density at radius 2 is 2.37 bits per heavy atom. The van der Waals surface area contributed by atoms with Gasteiger partial charge in [0.2, 0.25) is 11.8 Å². The van der Waals surface area contributed by atoms with E-state index < -0.39 is 4.92 Å². The van der Waals surface area contributed by atoms with Crippen LogP contribution in [0.15, 0.2) is 24.9 Å². The molecule has 0 aliphatic rings. The molecule has 0 radical (unpaired) electrons. The van der Waals surface area contributed by atoms with Crippen LogP contribution in [0.25, 0.3) is 0 Å². The van der Waals surface area contributed by atoms with Crippen LogP contribution < -0.4 is 16.6 Å². The molecule has 0 aliphatic heterocycles. The molecule has 0 aromatic carbocycles. The van der Waals surface area contributed by atoms with Gasteiger partial charge >= 0.3 is 5.69 Å². The summed E-state index contributed by atoms with van der Waals surface area (Å²) in [4.78, 5) is 21.8. The summed E-state index contributed by atoms with van der Waals surface area (Å²) >= 11 is 0. The van der Waals surface area contributed by atoms with Crippen LogP contribution in [0.2, 0.25) is 0 Å². The lowest BCUT2D eigenvalue weighted by Crippen LogP contribution is -2.15. The highest BCUT2D eigenvalue weighted by Crippen LogP contribution is 2.21. The van der Waals surface area contributed by atoms with Crippen LogP contribution in [-0.4, -0.2) is 31.0 Å². The van der Waals surface area contributed by atoms with E-state index in [0.717, 1.165) is 6.20 Å². The fraction of sp³-hybridized carbons (Fsp3) is 0.222. The standard InChI is InChI=1S/C9H12N8O2/c10-15-9-13-5-7(17(18)19)8(14-9)12-2-4-16-3-1-11-6-16/h1,3,5-6H,2,4,10H2,(H2,12,13,14,15). The molecule has 0 bridgehead atoms. The highest BCUT2D eigenvalue weighted by molar-refractivity contribution is 5.56. The maximum atomic E-state index is 10.8. The molecule has 0 saturated carbocycles. The van der Waals surface area contributed by atoms with E-state index in [4.69, 9.17) is 5.84 Å². The van der Waals surface area contributed by atoms with Gasteiger partial charge in [-0.3, -0.25) is 15.5 Å². The number of nitrogen functional groups attached to an aromatic ring is 1. The third-order valence-corrected chi connectivity index (χ3v) is 2.32. The van der Waals surface area contributed by atoms with E-state index in [9.17, 15) is 10.1 Å². The van der Waals surface area contributed by atoms with Gasteiger partial charge in [-0.15, -0.1) is 0 Å². The van der Waals surface area contributed by atoms with Crippen molar-refractivity contribution < 1.29 is 4.92 Å². The van der Waals surface area contributed by atoms with Gasteiger partial charge in [-0.1, -0.05) is 0 Å². The summed E-state index contributed by atoms with van der Waals surface area (Å²) in [6, 6.07) is 0. The molecule has 0 atom stereocenters. The summed E-state index contributed by atoms with van der Waals surface area (Å²) < 4.78 is 1.84. The zero-order valence-corrected chi connectivity index (χ0v) is 9.85. The van der Waals surface area contributed by atoms with Crippen molar-refractivity contribution in [1.29, 1.82) is 0 Å². The maximum Gasteiger partial charge on any atom is 0.329 e. The molecule has 4 N–H and O–H groups in total. The summed E-state index contributed by atoms with van der Waals surface area (Å²) in [6.45, 7) is 1.06. The Kier molecular flexibility index (Phi) is 3.83. The van der Waals surface area contributed by atoms with Gasteiger partial charge in [-0.2, -0.15) is 4.98 Å². The Hall–Kier alpha value is -2.75. The molecule has 2 heterocycles. The molecule has 100 valence electrons. The Bertz CT molecular complexity index is 555. The van der Waals surface area contributed by atoms with E-state index in [2.05, 4.69) is 25.7 Å². The lowest BCUT2D eigenvalue weighted by atomic mass is 10.4. The van der Waals surface area contributed by atoms with Crippen LogP contribution in [0.3, 0.4) is 0 Å². The largest absolute Gasteiger partial charge is 0.362 e. The Balaban J connectivity index is 2.06. The highest BCUT2D eigenvalue weighted by atomic mass is 16.6. The molecule has 0 spiro atoms. The minimum absolute atomic E-state index is 0.107. The highest BCUT2D eigenvalue weighted by Gasteiger charge is 2.16. The van der Waals surface area contributed by atoms with Crippen molar-refractivity contribution in [2.24, 2.45) is 5.84 Å². The second-order valence-corrected chi connectivity index (χ2v) is 3.56. The molecule has 2 aromatic rings. The molecule has 19 heavy (non-hydrogen) atoms. The van der Waals surface area contributed by atoms with Crippen LogP contribution in [0.1, 0.15) is 0 Å². The number of nitrogens with one attached hydrogen (secondary N) is 2. The van der Waals surface area contributed by atoms with Crippen LogP contribution >= 0.6 is 0 Å². The maximum absolute atomic E-state index is 10.8. The molecule has 2 rings (SSSR count). The van der Waals surface area contributed by atoms with Crippen LogP contribution in [0.4, 0.5) is 17.5 Å². The molecular formula is C9H12N8O2. The molecule has 0 aliphatic carbocycles. The summed E-state index contributed by atoms with van der Waals surface area (Å²) in [5.74, 6) is 5.39. The molecule has 0 fully saturated rings. The summed E-state index contributed by atoms with van der Waals surface area (Å²) in [6.07, 6.45) is 6.21. The van der Waals surface area contributed by atoms with E-state index in [1.54, 1.807) is 18.7 Å². The van der Waals surface area contributed by atoms with Gasteiger partial charge in [0.15, 0.2) is 0 Å². The van der Waals surface area contributed by atoms with E-state index in [1.807, 2.05) is 4.57 Å². The fourth-order valence-electron chi connectivity index (χ4n) is 1.43. The predicted molar refractivity (Wildman–Crippen MR) is 67.2 cm³/mol. The molecule has 0 saturated heterocycles. The number of imidazole rings is 1. The average molecular weight is 264 g/mol. The first kappa shape index (κ1) is 12.7. The third-order valence-electron chi connectivity index (χ3n) is 2.32. The third kappa shape index (κ3) is 3.13. The zero-order chi connectivity index (χ0) is 13.7. The van der Waals surface area contributed by atoms with Crippen molar-refractivity contribution >= 4 is 17.5 Å². The summed E-state index contributed by atoms with van der Waals surface area (Å²) in [5, 5.41) is 13.7. The quantitative estimate of drug-likeness (QED) is 0.376. The number of nitrogens with zero attached hydrogens (tertiary/aromatic N) is 5. The smallest absolute Gasteiger partial charge is 0.329 e. The molecule has 0 unspecified atom stereocenters. The van der Waals surface area contributed by atoms with Gasteiger partial charge in [0.25, 0.3) is 0 Å². The van der Waals surface area contributed by atoms with Crippen LogP contribution in [0, 0.1) is 10.1 Å². The monoisotopic (exact) mass is 264 g/mol. The zero-order valence-electron chi connectivity index (χ0n) is 9.85. The summed E-state index contributed by atoms with van der Waals surface area (Å²) in [5.41, 5.74) is 2.03. The number of hydrazine groups is 1. The number of nitrogens with two attached hydrogens (primary N) is 1. The minimum Gasteiger partial charge on any atom is -0.362 e. The van der Waals surface area contributed by atoms with Crippen LogP contribution in [-0.2, 0) is 6.54 Å². The molecule has 0 amide bonds. The fourth-order valence-corrected chi connectivity index (χ4v) is 1.43. The number of nitro groups is 1. The summed E-state index contributed by atoms with van der Waals surface area (Å²) in [7, 11) is 0. The average Bonchev–Trinajstić information content (AvgIpc) is 2.91. The Labute approximate surface area is 107 Å². The Morgan fingerprint density at radius 1 is 1.53 bits per heavy atom. The second kappa shape index (κ2) is 5.73. The van der Waals surface area contributed by atoms with Crippen molar-refractivity contribution in [3.63, 3.8) is 0 Å². The SMILES string of the molecule is NNc1ncc([N+](=O)[O-])c(NCCn2ccnc2)n1. The lowest BCUT2D eigenvalue weighted by molar-refractivity contribution is -0.384. The van der Waals surface area contributed by atoms with Crippen molar-refractivity contribution in [3.8, 4) is 0 Å². The molecule has 10 heteroatoms. The number of aromatic nitrogens is 4. The van der Waals surface area contributed by atoms with E-state index >= 15 is 0 Å². The van der Waals surface area contributed by atoms with Crippen molar-refractivity contribution in [2.75, 3.05) is 17.3 Å². The predicted octanol–water partition coefficient (Wildman–Crippen LogP) is -0.0210. The van der Waals surface area contributed by atoms with E-state index in [-0.39, 0.29) is 17.5 Å². The number of anilines is 2. The first-order valence-corrected chi connectivity index (χ1v) is 5.38. The molecule has 2 aromatic heterocycles. The first-order chi connectivity index (χ1) is 9.20. The normalized spacial score (nSPS) is 10.2. The van der Waals surface area contributed by atoms with Gasteiger partial charge in [0.1, 0.15) is 6.20 Å². The van der Waals surface area contributed by atoms with E-state index in [0.29, 0.717) is 13.1 Å². The van der Waals surface area contributed by atoms with Gasteiger partial charge in [-0.25, -0.2) is 15.8 Å². The number of hydrogen-bond acceptors (Lipinski definition) is 8. The van der Waals surface area contributed by atoms with Gasteiger partial charge in [0, 0.05) is 25.5 Å². The first-order valence-electron chi connectivity index (χ1n) is 5.38. The topological polar surface area (TPSA) is 137 Å². The van der Waals surface area contributed by atoms with Gasteiger partial charge in [0.05, 0.1) is 11.3 Å². The van der Waals surface area contributed by atoms with Crippen LogP contribution in [0.5, 0.6) is 0 Å². The molecule has 10 nitrogen and oxygen atoms in total. The van der Waals surface area contributed by atoms with Gasteiger partial charge in [-0.05, 0) is 0 Å². The number of hydrogen-bond donors (Lipinski definition) is 3.